The van der Waals surface area contributed by atoms with Gasteiger partial charge in [-0.2, -0.15) is 0 Å². The van der Waals surface area contributed by atoms with Crippen LogP contribution < -0.4 is 0 Å². The van der Waals surface area contributed by atoms with Crippen molar-refractivity contribution < 1.29 is 13.5 Å². The van der Waals surface area contributed by atoms with Crippen LogP contribution in [-0.4, -0.2) is 38.0 Å². The molecule has 0 atom stereocenters. The van der Waals surface area contributed by atoms with E-state index in [2.05, 4.69) is 11.8 Å². The Bertz CT molecular complexity index is 609. The number of hydrogen-bond donors (Lipinski definition) is 1. The number of rotatable bonds is 3. The second-order valence-electron chi connectivity index (χ2n) is 3.65. The zero-order valence-electron chi connectivity index (χ0n) is 10.4. The summed E-state index contributed by atoms with van der Waals surface area (Å²) in [6, 6.07) is 2.82. The van der Waals surface area contributed by atoms with Crippen molar-refractivity contribution in [1.82, 2.24) is 4.31 Å². The summed E-state index contributed by atoms with van der Waals surface area (Å²) in [5, 5.41) is 8.63. The highest BCUT2D eigenvalue weighted by Crippen LogP contribution is 2.32. The van der Waals surface area contributed by atoms with E-state index in [1.807, 2.05) is 0 Å². The van der Waals surface area contributed by atoms with Crippen LogP contribution in [0.25, 0.3) is 0 Å². The first-order valence-electron chi connectivity index (χ1n) is 5.39. The second-order valence-corrected chi connectivity index (χ2v) is 6.44. The fourth-order valence-corrected chi connectivity index (χ4v) is 3.68. The molecule has 0 bridgehead atoms. The monoisotopic (exact) mass is 321 g/mol. The van der Waals surface area contributed by atoms with Crippen LogP contribution in [0.1, 0.15) is 12.5 Å². The highest BCUT2D eigenvalue weighted by molar-refractivity contribution is 7.89. The molecule has 7 heteroatoms. The summed E-state index contributed by atoms with van der Waals surface area (Å²) in [5.41, 5.74) is 0.446. The number of nitrogens with zero attached hydrogens (tertiary/aromatic N) is 1. The Kier molecular flexibility index (Phi) is 5.65. The van der Waals surface area contributed by atoms with Gasteiger partial charge in [0.15, 0.2) is 0 Å². The summed E-state index contributed by atoms with van der Waals surface area (Å²) in [4.78, 5) is -0.130. The van der Waals surface area contributed by atoms with Gasteiger partial charge in [-0.1, -0.05) is 42.0 Å². The van der Waals surface area contributed by atoms with Gasteiger partial charge in [-0.15, -0.1) is 0 Å². The molecule has 19 heavy (non-hydrogen) atoms. The molecule has 1 aromatic rings. The minimum Gasteiger partial charge on any atom is -0.384 e. The smallest absolute Gasteiger partial charge is 0.245 e. The van der Waals surface area contributed by atoms with Crippen LogP contribution in [0.5, 0.6) is 0 Å². The Hall–Kier alpha value is -0.770. The van der Waals surface area contributed by atoms with Gasteiger partial charge in [0, 0.05) is 19.2 Å². The molecule has 0 spiro atoms. The summed E-state index contributed by atoms with van der Waals surface area (Å²) < 4.78 is 25.6. The summed E-state index contributed by atoms with van der Waals surface area (Å²) in [6.45, 7) is 1.72. The maximum absolute atomic E-state index is 12.2. The Morgan fingerprint density at radius 1 is 1.32 bits per heavy atom. The van der Waals surface area contributed by atoms with Crippen molar-refractivity contribution in [2.24, 2.45) is 0 Å². The van der Waals surface area contributed by atoms with Gasteiger partial charge in [0.1, 0.15) is 11.5 Å². The second kappa shape index (κ2) is 6.60. The standard InChI is InChI=1S/C12H13Cl2NO3S/c1-3-15(2)19(17,18)12-10(13)7-9(5-4-6-16)8-11(12)14/h7-8,16H,3,6H2,1-2H3. The van der Waals surface area contributed by atoms with Gasteiger partial charge >= 0.3 is 0 Å². The summed E-state index contributed by atoms with van der Waals surface area (Å²) in [6.07, 6.45) is 0. The highest BCUT2D eigenvalue weighted by atomic mass is 35.5. The molecule has 104 valence electrons. The van der Waals surface area contributed by atoms with Crippen molar-refractivity contribution in [1.29, 1.82) is 0 Å². The predicted octanol–water partition coefficient (Wildman–Crippen LogP) is 1.98. The van der Waals surface area contributed by atoms with Crippen LogP contribution >= 0.6 is 23.2 Å². The lowest BCUT2D eigenvalue weighted by atomic mass is 10.2. The summed E-state index contributed by atoms with van der Waals surface area (Å²) >= 11 is 12.0. The van der Waals surface area contributed by atoms with Crippen molar-refractivity contribution in [2.75, 3.05) is 20.2 Å². The fraction of sp³-hybridized carbons (Fsp3) is 0.333. The molecule has 0 unspecified atom stereocenters. The van der Waals surface area contributed by atoms with Crippen LogP contribution in [0, 0.1) is 11.8 Å². The third-order valence-corrected chi connectivity index (χ3v) is 5.28. The first-order valence-corrected chi connectivity index (χ1v) is 7.59. The molecule has 1 aromatic carbocycles. The van der Waals surface area contributed by atoms with Crippen molar-refractivity contribution in [3.05, 3.63) is 27.7 Å². The Morgan fingerprint density at radius 3 is 2.26 bits per heavy atom. The van der Waals surface area contributed by atoms with Gasteiger partial charge in [-0.25, -0.2) is 12.7 Å². The van der Waals surface area contributed by atoms with E-state index in [4.69, 9.17) is 28.3 Å². The first-order chi connectivity index (χ1) is 8.84. The highest BCUT2D eigenvalue weighted by Gasteiger charge is 2.25. The minimum absolute atomic E-state index is 0.00930. The molecule has 0 aliphatic rings. The van der Waals surface area contributed by atoms with Gasteiger partial charge in [-0.05, 0) is 12.1 Å². The SMILES string of the molecule is CCN(C)S(=O)(=O)c1c(Cl)cc(C#CCO)cc1Cl. The van der Waals surface area contributed by atoms with Gasteiger partial charge in [0.25, 0.3) is 0 Å². The van der Waals surface area contributed by atoms with Crippen molar-refractivity contribution in [3.8, 4) is 11.8 Å². The molecule has 0 saturated heterocycles. The normalized spacial score (nSPS) is 11.3. The quantitative estimate of drug-likeness (QED) is 0.866. The zero-order valence-corrected chi connectivity index (χ0v) is 12.8. The molecule has 0 aromatic heterocycles. The fourth-order valence-electron chi connectivity index (χ4n) is 1.35. The van der Waals surface area contributed by atoms with Gasteiger partial charge in [0.05, 0.1) is 10.0 Å². The summed E-state index contributed by atoms with van der Waals surface area (Å²) in [5.74, 6) is 5.06. The van der Waals surface area contributed by atoms with E-state index in [9.17, 15) is 8.42 Å². The lowest BCUT2D eigenvalue weighted by Crippen LogP contribution is -2.27. The largest absolute Gasteiger partial charge is 0.384 e. The molecule has 0 aliphatic heterocycles. The third kappa shape index (κ3) is 3.62. The molecule has 0 heterocycles. The molecule has 0 fully saturated rings. The lowest BCUT2D eigenvalue weighted by Gasteiger charge is -2.17. The topological polar surface area (TPSA) is 57.6 Å². The number of aliphatic hydroxyl groups is 1. The average Bonchev–Trinajstić information content (AvgIpc) is 2.34. The van der Waals surface area contributed by atoms with E-state index in [1.165, 1.54) is 19.2 Å². The van der Waals surface area contributed by atoms with E-state index in [0.29, 0.717) is 12.1 Å². The molecule has 0 amide bonds. The van der Waals surface area contributed by atoms with Gasteiger partial charge in [-0.3, -0.25) is 0 Å². The van der Waals surface area contributed by atoms with E-state index >= 15 is 0 Å². The molecular formula is C12H13Cl2NO3S. The van der Waals surface area contributed by atoms with E-state index in [-0.39, 0.29) is 21.5 Å². The molecule has 1 rings (SSSR count). The average molecular weight is 322 g/mol. The molecule has 0 radical (unpaired) electrons. The zero-order chi connectivity index (χ0) is 14.6. The van der Waals surface area contributed by atoms with Crippen LogP contribution in [-0.2, 0) is 10.0 Å². The Labute approximate surface area is 123 Å². The van der Waals surface area contributed by atoms with E-state index < -0.39 is 10.0 Å². The minimum atomic E-state index is -3.72. The molecule has 0 aliphatic carbocycles. The van der Waals surface area contributed by atoms with Crippen molar-refractivity contribution in [3.63, 3.8) is 0 Å². The maximum atomic E-state index is 12.2. The van der Waals surface area contributed by atoms with E-state index in [1.54, 1.807) is 6.92 Å². The third-order valence-electron chi connectivity index (χ3n) is 2.42. The predicted molar refractivity (Wildman–Crippen MR) is 75.9 cm³/mol. The lowest BCUT2D eigenvalue weighted by molar-refractivity contribution is 0.350. The number of halogens is 2. The number of aliphatic hydroxyl groups excluding tert-OH is 1. The van der Waals surface area contributed by atoms with Crippen LogP contribution in [0.2, 0.25) is 10.0 Å². The Morgan fingerprint density at radius 2 is 1.84 bits per heavy atom. The van der Waals surface area contributed by atoms with E-state index in [0.717, 1.165) is 4.31 Å². The van der Waals surface area contributed by atoms with Crippen LogP contribution in [0.3, 0.4) is 0 Å². The molecule has 4 nitrogen and oxygen atoms in total. The summed E-state index contributed by atoms with van der Waals surface area (Å²) in [7, 11) is -2.27. The van der Waals surface area contributed by atoms with Crippen LogP contribution in [0.4, 0.5) is 0 Å². The first kappa shape index (κ1) is 16.3. The number of benzene rings is 1. The number of hydrogen-bond acceptors (Lipinski definition) is 3. The van der Waals surface area contributed by atoms with Crippen molar-refractivity contribution in [2.45, 2.75) is 11.8 Å². The number of sulfonamides is 1. The molecular weight excluding hydrogens is 309 g/mol. The van der Waals surface area contributed by atoms with Gasteiger partial charge < -0.3 is 5.11 Å². The van der Waals surface area contributed by atoms with Crippen LogP contribution in [0.15, 0.2) is 17.0 Å². The van der Waals surface area contributed by atoms with Crippen molar-refractivity contribution >= 4 is 33.2 Å². The van der Waals surface area contributed by atoms with Gasteiger partial charge in [0.2, 0.25) is 10.0 Å². The maximum Gasteiger partial charge on any atom is 0.245 e. The molecule has 1 N–H and O–H groups in total. The molecule has 0 saturated carbocycles. The Balaban J connectivity index is 3.40.